The number of aryl methyl sites for hydroxylation is 2. The van der Waals surface area contributed by atoms with E-state index >= 15 is 0 Å². The first kappa shape index (κ1) is 19.9. The summed E-state index contributed by atoms with van der Waals surface area (Å²) in [6.45, 7) is 2.99. The number of hydrogen-bond donors (Lipinski definition) is 1. The monoisotopic (exact) mass is 345 g/mol. The van der Waals surface area contributed by atoms with Crippen molar-refractivity contribution in [3.63, 3.8) is 0 Å². The van der Waals surface area contributed by atoms with E-state index in [2.05, 4.69) is 54.0 Å². The Morgan fingerprint density at radius 2 is 1.83 bits per heavy atom. The molecule has 3 nitrogen and oxygen atoms in total. The number of aromatic nitrogens is 1. The summed E-state index contributed by atoms with van der Waals surface area (Å²) in [5.74, 6) is -0.723. The molecular formula is C20H24ClNO2. The average Bonchev–Trinajstić information content (AvgIpc) is 2.58. The Morgan fingerprint density at radius 1 is 1.08 bits per heavy atom. The van der Waals surface area contributed by atoms with Crippen molar-refractivity contribution in [2.45, 2.75) is 39.2 Å². The molecule has 0 bridgehead atoms. The van der Waals surface area contributed by atoms with Crippen molar-refractivity contribution in [3.05, 3.63) is 65.5 Å². The summed E-state index contributed by atoms with van der Waals surface area (Å²) in [6, 6.07) is 14.7. The molecular weight excluding hydrogens is 322 g/mol. The first-order valence-corrected chi connectivity index (χ1v) is 8.16. The van der Waals surface area contributed by atoms with Crippen molar-refractivity contribution >= 4 is 18.1 Å². The SMILES string of the molecule is CCc1ccc(/C=C/c2cccc[n+]2CCCCC(=O)O)cc1.[Cl-]. The van der Waals surface area contributed by atoms with E-state index in [1.54, 1.807) is 0 Å². The first-order valence-electron chi connectivity index (χ1n) is 8.16. The molecule has 0 aliphatic rings. The second kappa shape index (κ2) is 10.6. The van der Waals surface area contributed by atoms with Gasteiger partial charge in [0.1, 0.15) is 6.54 Å². The molecule has 0 fully saturated rings. The maximum Gasteiger partial charge on any atom is 0.303 e. The number of nitrogens with zero attached hydrogens (tertiary/aromatic N) is 1. The van der Waals surface area contributed by atoms with Crippen LogP contribution >= 0.6 is 0 Å². The van der Waals surface area contributed by atoms with E-state index in [1.165, 1.54) is 11.1 Å². The lowest BCUT2D eigenvalue weighted by atomic mass is 10.1. The molecule has 0 atom stereocenters. The van der Waals surface area contributed by atoms with E-state index < -0.39 is 5.97 Å². The Bertz CT molecular complexity index is 666. The average molecular weight is 346 g/mol. The quantitative estimate of drug-likeness (QED) is 0.572. The zero-order valence-corrected chi connectivity index (χ0v) is 14.7. The van der Waals surface area contributed by atoms with Crippen LogP contribution in [0.5, 0.6) is 0 Å². The van der Waals surface area contributed by atoms with Crippen molar-refractivity contribution in [2.75, 3.05) is 0 Å². The van der Waals surface area contributed by atoms with Gasteiger partial charge in [-0.25, -0.2) is 0 Å². The predicted octanol–water partition coefficient (Wildman–Crippen LogP) is 0.966. The number of halogens is 1. The van der Waals surface area contributed by atoms with Crippen LogP contribution in [0.1, 0.15) is 43.0 Å². The Morgan fingerprint density at radius 3 is 2.50 bits per heavy atom. The van der Waals surface area contributed by atoms with E-state index in [0.29, 0.717) is 6.42 Å². The standard InChI is InChI=1S/C20H23NO2.ClH/c1-2-17-9-11-18(12-10-17)13-14-19-7-3-5-15-21(19)16-6-4-8-20(22)23;/h3,5,7,9-15H,2,4,6,8,16H2,1H3;1H/b14-13+;. The fraction of sp³-hybridized carbons (Fsp3) is 0.300. The highest BCUT2D eigenvalue weighted by Gasteiger charge is 2.06. The van der Waals surface area contributed by atoms with Crippen LogP contribution in [0, 0.1) is 0 Å². The van der Waals surface area contributed by atoms with Gasteiger partial charge in [0, 0.05) is 31.1 Å². The van der Waals surface area contributed by atoms with Crippen LogP contribution in [-0.4, -0.2) is 11.1 Å². The molecule has 0 amide bonds. The fourth-order valence-corrected chi connectivity index (χ4v) is 2.45. The van der Waals surface area contributed by atoms with Crippen molar-refractivity contribution in [3.8, 4) is 0 Å². The maximum absolute atomic E-state index is 10.6. The largest absolute Gasteiger partial charge is 1.00 e. The van der Waals surface area contributed by atoms with E-state index in [4.69, 9.17) is 5.11 Å². The van der Waals surface area contributed by atoms with Gasteiger partial charge in [0.2, 0.25) is 5.69 Å². The molecule has 1 aromatic heterocycles. The molecule has 128 valence electrons. The second-order valence-electron chi connectivity index (χ2n) is 5.60. The Labute approximate surface area is 150 Å². The summed E-state index contributed by atoms with van der Waals surface area (Å²) in [5, 5.41) is 8.69. The lowest BCUT2D eigenvalue weighted by Gasteiger charge is -2.01. The number of carbonyl (C=O) groups is 1. The van der Waals surface area contributed by atoms with Crippen LogP contribution in [0.3, 0.4) is 0 Å². The third kappa shape index (κ3) is 6.55. The van der Waals surface area contributed by atoms with Gasteiger partial charge in [-0.05, 0) is 36.1 Å². The smallest absolute Gasteiger partial charge is 0.303 e. The summed E-state index contributed by atoms with van der Waals surface area (Å²) in [5.41, 5.74) is 3.65. The van der Waals surface area contributed by atoms with Gasteiger partial charge in [-0.1, -0.05) is 31.2 Å². The molecule has 0 aliphatic heterocycles. The van der Waals surface area contributed by atoms with Gasteiger partial charge in [0.15, 0.2) is 6.20 Å². The second-order valence-corrected chi connectivity index (χ2v) is 5.60. The van der Waals surface area contributed by atoms with Crippen molar-refractivity contribution in [1.82, 2.24) is 0 Å². The molecule has 2 aromatic rings. The minimum atomic E-state index is -0.723. The van der Waals surface area contributed by atoms with Crippen LogP contribution in [0.4, 0.5) is 0 Å². The normalized spacial score (nSPS) is 10.5. The highest BCUT2D eigenvalue weighted by atomic mass is 35.5. The summed E-state index contributed by atoms with van der Waals surface area (Å²) in [4.78, 5) is 10.6. The number of carboxylic acids is 1. The van der Waals surface area contributed by atoms with Gasteiger partial charge in [0.05, 0.1) is 0 Å². The van der Waals surface area contributed by atoms with E-state index in [-0.39, 0.29) is 18.8 Å². The Hall–Kier alpha value is -2.13. The van der Waals surface area contributed by atoms with Crippen LogP contribution in [0.15, 0.2) is 48.7 Å². The molecule has 1 heterocycles. The summed E-state index contributed by atoms with van der Waals surface area (Å²) >= 11 is 0. The topological polar surface area (TPSA) is 41.2 Å². The van der Waals surface area contributed by atoms with Gasteiger partial charge in [-0.15, -0.1) is 0 Å². The molecule has 0 saturated carbocycles. The molecule has 24 heavy (non-hydrogen) atoms. The third-order valence-electron chi connectivity index (χ3n) is 3.85. The van der Waals surface area contributed by atoms with Gasteiger partial charge in [-0.2, -0.15) is 4.57 Å². The molecule has 0 spiro atoms. The molecule has 0 saturated heterocycles. The van der Waals surface area contributed by atoms with Crippen LogP contribution in [-0.2, 0) is 17.8 Å². The predicted molar refractivity (Wildman–Crippen MR) is 92.9 cm³/mol. The van der Waals surface area contributed by atoms with Crippen LogP contribution in [0.2, 0.25) is 0 Å². The molecule has 2 rings (SSSR count). The van der Waals surface area contributed by atoms with Crippen molar-refractivity contribution in [2.24, 2.45) is 0 Å². The van der Waals surface area contributed by atoms with Gasteiger partial charge in [0.25, 0.3) is 0 Å². The van der Waals surface area contributed by atoms with Crippen molar-refractivity contribution < 1.29 is 26.9 Å². The van der Waals surface area contributed by atoms with E-state index in [9.17, 15) is 4.79 Å². The maximum atomic E-state index is 10.6. The molecule has 1 N–H and O–H groups in total. The van der Waals surface area contributed by atoms with Crippen molar-refractivity contribution in [1.29, 1.82) is 0 Å². The summed E-state index contributed by atoms with van der Waals surface area (Å²) in [7, 11) is 0. The lowest BCUT2D eigenvalue weighted by Crippen LogP contribution is -3.00. The fourth-order valence-electron chi connectivity index (χ4n) is 2.45. The Kier molecular flexibility index (Phi) is 8.80. The number of rotatable bonds is 8. The first-order chi connectivity index (χ1) is 11.2. The Balaban J connectivity index is 0.00000288. The number of pyridine rings is 1. The third-order valence-corrected chi connectivity index (χ3v) is 3.85. The van der Waals surface area contributed by atoms with Gasteiger partial charge < -0.3 is 17.5 Å². The lowest BCUT2D eigenvalue weighted by molar-refractivity contribution is -0.699. The zero-order valence-electron chi connectivity index (χ0n) is 14.0. The number of hydrogen-bond acceptors (Lipinski definition) is 1. The summed E-state index contributed by atoms with van der Waals surface area (Å²) in [6.07, 6.45) is 9.13. The molecule has 0 unspecified atom stereocenters. The van der Waals surface area contributed by atoms with Gasteiger partial charge in [-0.3, -0.25) is 4.79 Å². The minimum absolute atomic E-state index is 0. The highest BCUT2D eigenvalue weighted by molar-refractivity contribution is 5.67. The van der Waals surface area contributed by atoms with Crippen LogP contribution in [0.25, 0.3) is 12.2 Å². The number of benzene rings is 1. The molecule has 0 radical (unpaired) electrons. The molecule has 4 heteroatoms. The zero-order chi connectivity index (χ0) is 16.5. The highest BCUT2D eigenvalue weighted by Crippen LogP contribution is 2.09. The number of aliphatic carboxylic acids is 1. The summed E-state index contributed by atoms with van der Waals surface area (Å²) < 4.78 is 2.17. The van der Waals surface area contributed by atoms with Gasteiger partial charge >= 0.3 is 5.97 Å². The minimum Gasteiger partial charge on any atom is -1.00 e. The van der Waals surface area contributed by atoms with Crippen LogP contribution < -0.4 is 17.0 Å². The number of carboxylic acid groups (broad SMARTS) is 1. The molecule has 0 aliphatic carbocycles. The van der Waals surface area contributed by atoms with E-state index in [0.717, 1.165) is 25.1 Å². The molecule has 1 aromatic carbocycles. The van der Waals surface area contributed by atoms with E-state index in [1.807, 2.05) is 18.3 Å². The number of unbranched alkanes of at least 4 members (excludes halogenated alkanes) is 1.